The van der Waals surface area contributed by atoms with E-state index in [2.05, 4.69) is 9.97 Å². The van der Waals surface area contributed by atoms with Gasteiger partial charge in [-0.2, -0.15) is 13.2 Å². The van der Waals surface area contributed by atoms with Crippen LogP contribution < -0.4 is 5.56 Å². The van der Waals surface area contributed by atoms with Crippen LogP contribution in [0.1, 0.15) is 17.1 Å². The number of aryl methyl sites for hydroxylation is 2. The molecule has 0 aromatic carbocycles. The number of rotatable bonds is 2. The topological polar surface area (TPSA) is 45.8 Å². The second-order valence-electron chi connectivity index (χ2n) is 3.70. The SMILES string of the molecule is Cc1cc2c(=O)[nH]c(CCC(F)(F)F)nc2s1. The second kappa shape index (κ2) is 4.14. The molecule has 0 aliphatic heterocycles. The minimum absolute atomic E-state index is 0.0849. The number of hydrogen-bond donors (Lipinski definition) is 1. The van der Waals surface area contributed by atoms with Gasteiger partial charge in [0.25, 0.3) is 5.56 Å². The van der Waals surface area contributed by atoms with Gasteiger partial charge in [-0.15, -0.1) is 11.3 Å². The van der Waals surface area contributed by atoms with Crippen molar-refractivity contribution in [3.05, 3.63) is 27.1 Å². The number of nitrogens with one attached hydrogen (secondary N) is 1. The van der Waals surface area contributed by atoms with Crippen molar-refractivity contribution in [3.63, 3.8) is 0 Å². The zero-order valence-electron chi connectivity index (χ0n) is 8.89. The van der Waals surface area contributed by atoms with E-state index >= 15 is 0 Å². The van der Waals surface area contributed by atoms with E-state index in [-0.39, 0.29) is 17.8 Å². The average Bonchev–Trinajstić information content (AvgIpc) is 2.55. The van der Waals surface area contributed by atoms with E-state index in [4.69, 9.17) is 0 Å². The first-order valence-electron chi connectivity index (χ1n) is 4.91. The van der Waals surface area contributed by atoms with Gasteiger partial charge < -0.3 is 4.98 Å². The van der Waals surface area contributed by atoms with Gasteiger partial charge in [0.1, 0.15) is 10.7 Å². The third-order valence-corrected chi connectivity index (χ3v) is 3.16. The van der Waals surface area contributed by atoms with Gasteiger partial charge in [0.05, 0.1) is 11.8 Å². The van der Waals surface area contributed by atoms with E-state index in [9.17, 15) is 18.0 Å². The lowest BCUT2D eigenvalue weighted by Crippen LogP contribution is -2.14. The molecular weight excluding hydrogens is 253 g/mol. The van der Waals surface area contributed by atoms with Gasteiger partial charge in [-0.25, -0.2) is 4.98 Å². The Morgan fingerprint density at radius 3 is 2.82 bits per heavy atom. The van der Waals surface area contributed by atoms with Gasteiger partial charge >= 0.3 is 6.18 Å². The summed E-state index contributed by atoms with van der Waals surface area (Å²) in [5, 5.41) is 0.434. The minimum Gasteiger partial charge on any atom is -0.310 e. The van der Waals surface area contributed by atoms with Crippen LogP contribution in [0.4, 0.5) is 13.2 Å². The maximum Gasteiger partial charge on any atom is 0.389 e. The zero-order valence-corrected chi connectivity index (χ0v) is 9.71. The second-order valence-corrected chi connectivity index (χ2v) is 4.94. The van der Waals surface area contributed by atoms with Crippen molar-refractivity contribution in [2.75, 3.05) is 0 Å². The molecule has 0 bridgehead atoms. The Kier molecular flexibility index (Phi) is 2.94. The molecule has 0 radical (unpaired) electrons. The van der Waals surface area contributed by atoms with E-state index in [1.165, 1.54) is 11.3 Å². The van der Waals surface area contributed by atoms with Crippen molar-refractivity contribution in [2.45, 2.75) is 25.9 Å². The molecule has 0 spiro atoms. The number of fused-ring (bicyclic) bond motifs is 1. The lowest BCUT2D eigenvalue weighted by Gasteiger charge is -2.04. The summed E-state index contributed by atoms with van der Waals surface area (Å²) < 4.78 is 36.1. The molecule has 17 heavy (non-hydrogen) atoms. The average molecular weight is 262 g/mol. The van der Waals surface area contributed by atoms with E-state index in [1.807, 2.05) is 6.92 Å². The maximum atomic E-state index is 12.0. The fourth-order valence-electron chi connectivity index (χ4n) is 1.48. The molecule has 0 saturated carbocycles. The fraction of sp³-hybridized carbons (Fsp3) is 0.400. The van der Waals surface area contributed by atoms with Crippen molar-refractivity contribution in [1.29, 1.82) is 0 Å². The summed E-state index contributed by atoms with van der Waals surface area (Å²) in [5.41, 5.74) is -0.378. The lowest BCUT2D eigenvalue weighted by molar-refractivity contribution is -0.134. The number of alkyl halides is 3. The van der Waals surface area contributed by atoms with Crippen molar-refractivity contribution in [2.24, 2.45) is 0 Å². The minimum atomic E-state index is -4.24. The number of aromatic nitrogens is 2. The van der Waals surface area contributed by atoms with Gasteiger partial charge in [0.15, 0.2) is 0 Å². The maximum absolute atomic E-state index is 12.0. The molecule has 3 nitrogen and oxygen atoms in total. The Morgan fingerprint density at radius 1 is 1.47 bits per heavy atom. The van der Waals surface area contributed by atoms with Crippen LogP contribution in [0.5, 0.6) is 0 Å². The first-order chi connectivity index (χ1) is 7.85. The quantitative estimate of drug-likeness (QED) is 0.904. The number of aromatic amines is 1. The summed E-state index contributed by atoms with van der Waals surface area (Å²) in [5.74, 6) is 0.0849. The summed E-state index contributed by atoms with van der Waals surface area (Å²) >= 11 is 1.30. The van der Waals surface area contributed by atoms with Crippen LogP contribution in [0.25, 0.3) is 10.2 Å². The molecule has 0 amide bonds. The molecule has 92 valence electrons. The Labute approximate surface area is 98.3 Å². The van der Waals surface area contributed by atoms with Crippen LogP contribution in [0.2, 0.25) is 0 Å². The number of thiophene rings is 1. The Hall–Kier alpha value is -1.37. The van der Waals surface area contributed by atoms with E-state index in [1.54, 1.807) is 6.07 Å². The van der Waals surface area contributed by atoms with Gasteiger partial charge in [0, 0.05) is 11.3 Å². The highest BCUT2D eigenvalue weighted by atomic mass is 32.1. The molecule has 2 aromatic rings. The summed E-state index contributed by atoms with van der Waals surface area (Å²) in [7, 11) is 0. The molecular formula is C10H9F3N2OS. The molecule has 0 saturated heterocycles. The Balaban J connectivity index is 2.33. The number of H-pyrrole nitrogens is 1. The third kappa shape index (κ3) is 2.85. The highest BCUT2D eigenvalue weighted by molar-refractivity contribution is 7.18. The van der Waals surface area contributed by atoms with Crippen LogP contribution in [0.3, 0.4) is 0 Å². The van der Waals surface area contributed by atoms with E-state index in [0.29, 0.717) is 10.2 Å². The molecule has 2 aromatic heterocycles. The molecule has 0 atom stereocenters. The Bertz CT molecular complexity index is 600. The van der Waals surface area contributed by atoms with Crippen LogP contribution >= 0.6 is 11.3 Å². The summed E-state index contributed by atoms with van der Waals surface area (Å²) in [6, 6.07) is 1.68. The van der Waals surface area contributed by atoms with Gasteiger partial charge in [-0.3, -0.25) is 4.79 Å². The van der Waals surface area contributed by atoms with Crippen molar-refractivity contribution < 1.29 is 13.2 Å². The predicted octanol–water partition coefficient (Wildman–Crippen LogP) is 2.79. The molecule has 0 aliphatic carbocycles. The Morgan fingerprint density at radius 2 is 2.18 bits per heavy atom. The highest BCUT2D eigenvalue weighted by Crippen LogP contribution is 2.23. The van der Waals surface area contributed by atoms with Gasteiger partial charge in [-0.1, -0.05) is 0 Å². The zero-order chi connectivity index (χ0) is 12.6. The van der Waals surface area contributed by atoms with Crippen molar-refractivity contribution in [3.8, 4) is 0 Å². The van der Waals surface area contributed by atoms with Crippen LogP contribution in [0.15, 0.2) is 10.9 Å². The summed E-state index contributed by atoms with van der Waals surface area (Å²) in [6.07, 6.45) is -5.52. The smallest absolute Gasteiger partial charge is 0.310 e. The monoisotopic (exact) mass is 262 g/mol. The lowest BCUT2D eigenvalue weighted by atomic mass is 10.3. The van der Waals surface area contributed by atoms with Crippen LogP contribution in [0, 0.1) is 6.92 Å². The molecule has 0 fully saturated rings. The van der Waals surface area contributed by atoms with Crippen LogP contribution in [-0.2, 0) is 6.42 Å². The van der Waals surface area contributed by atoms with Crippen molar-refractivity contribution in [1.82, 2.24) is 9.97 Å². The van der Waals surface area contributed by atoms with Crippen LogP contribution in [-0.4, -0.2) is 16.1 Å². The van der Waals surface area contributed by atoms with E-state index < -0.39 is 12.6 Å². The summed E-state index contributed by atoms with van der Waals surface area (Å²) in [4.78, 5) is 19.4. The van der Waals surface area contributed by atoms with Gasteiger partial charge in [0.2, 0.25) is 0 Å². The first-order valence-corrected chi connectivity index (χ1v) is 5.73. The number of hydrogen-bond acceptors (Lipinski definition) is 3. The largest absolute Gasteiger partial charge is 0.389 e. The third-order valence-electron chi connectivity index (χ3n) is 2.22. The van der Waals surface area contributed by atoms with Gasteiger partial charge in [-0.05, 0) is 13.0 Å². The molecule has 7 heteroatoms. The molecule has 0 aliphatic rings. The first kappa shape index (κ1) is 12.1. The summed E-state index contributed by atoms with van der Waals surface area (Å²) in [6.45, 7) is 1.82. The van der Waals surface area contributed by atoms with Crippen molar-refractivity contribution >= 4 is 21.6 Å². The fourth-order valence-corrected chi connectivity index (χ4v) is 2.37. The molecule has 2 heterocycles. The van der Waals surface area contributed by atoms with E-state index in [0.717, 1.165) is 4.88 Å². The molecule has 1 N–H and O–H groups in total. The highest BCUT2D eigenvalue weighted by Gasteiger charge is 2.27. The number of halogens is 3. The predicted molar refractivity (Wildman–Crippen MR) is 59.4 cm³/mol. The molecule has 2 rings (SSSR count). The standard InChI is InChI=1S/C10H9F3N2OS/c1-5-4-6-8(16)14-7(15-9(6)17-5)2-3-10(11,12)13/h4H,2-3H2,1H3,(H,14,15,16). The normalized spacial score (nSPS) is 12.2. The molecule has 0 unspecified atom stereocenters. The number of nitrogens with zero attached hydrogens (tertiary/aromatic N) is 1.